The minimum atomic E-state index is -3.21. The van der Waals surface area contributed by atoms with Crippen molar-refractivity contribution < 1.29 is 12.8 Å². The summed E-state index contributed by atoms with van der Waals surface area (Å²) >= 11 is 0. The molecule has 1 saturated heterocycles. The fourth-order valence-corrected chi connectivity index (χ4v) is 5.01. The second kappa shape index (κ2) is 12.6. The fraction of sp³-hybridized carbons (Fsp3) is 0.522. The molecular weight excluding hydrogens is 539 g/mol. The highest BCUT2D eigenvalue weighted by Gasteiger charge is 2.24. The smallest absolute Gasteiger partial charge is 0.191 e. The number of nitrogens with one attached hydrogen (secondary N) is 2. The lowest BCUT2D eigenvalue weighted by Crippen LogP contribution is -2.44. The van der Waals surface area contributed by atoms with Crippen LogP contribution in [0.1, 0.15) is 49.1 Å². The van der Waals surface area contributed by atoms with E-state index >= 15 is 0 Å². The molecule has 1 unspecified atom stereocenters. The standard InChI is InChI=1S/C23H34N4O3S.HI/c1-4-24-23(25-16-19-10-11-22(18(2)15-19)31(3,28)29)26-17-20(21-9-8-14-30-21)27-12-6-5-7-13-27;/h8-11,14-15,20H,4-7,12-13,16-17H2,1-3H3,(H2,24,25,26);1H. The minimum absolute atomic E-state index is 0. The van der Waals surface area contributed by atoms with E-state index in [0.717, 1.165) is 42.5 Å². The van der Waals surface area contributed by atoms with Crippen LogP contribution in [0.2, 0.25) is 0 Å². The normalized spacial score (nSPS) is 16.3. The van der Waals surface area contributed by atoms with Gasteiger partial charge in [0.15, 0.2) is 15.8 Å². The first-order valence-electron chi connectivity index (χ1n) is 11.0. The number of hydrogen-bond acceptors (Lipinski definition) is 5. The molecule has 3 rings (SSSR count). The van der Waals surface area contributed by atoms with Gasteiger partial charge in [-0.25, -0.2) is 13.4 Å². The molecule has 178 valence electrons. The predicted molar refractivity (Wildman–Crippen MR) is 139 cm³/mol. The van der Waals surface area contributed by atoms with Crippen LogP contribution in [0, 0.1) is 6.92 Å². The molecule has 1 fully saturated rings. The molecule has 0 aliphatic carbocycles. The zero-order valence-electron chi connectivity index (χ0n) is 19.1. The van der Waals surface area contributed by atoms with Gasteiger partial charge in [-0.3, -0.25) is 4.90 Å². The van der Waals surface area contributed by atoms with E-state index in [-0.39, 0.29) is 30.0 Å². The molecule has 1 aromatic carbocycles. The molecule has 1 atom stereocenters. The Balaban J connectivity index is 0.00000363. The number of aliphatic imine (C=N–C) groups is 1. The van der Waals surface area contributed by atoms with E-state index in [1.54, 1.807) is 12.3 Å². The molecule has 2 aromatic rings. The van der Waals surface area contributed by atoms with E-state index in [0.29, 0.717) is 18.0 Å². The molecule has 0 amide bonds. The summed E-state index contributed by atoms with van der Waals surface area (Å²) in [6.45, 7) is 7.93. The number of nitrogens with zero attached hydrogens (tertiary/aromatic N) is 2. The lowest BCUT2D eigenvalue weighted by molar-refractivity contribution is 0.146. The van der Waals surface area contributed by atoms with Gasteiger partial charge in [0.2, 0.25) is 0 Å². The predicted octanol–water partition coefficient (Wildman–Crippen LogP) is 3.89. The van der Waals surface area contributed by atoms with Gasteiger partial charge in [0.25, 0.3) is 0 Å². The van der Waals surface area contributed by atoms with Crippen LogP contribution in [0.4, 0.5) is 0 Å². The number of guanidine groups is 1. The first-order valence-corrected chi connectivity index (χ1v) is 12.9. The lowest BCUT2D eigenvalue weighted by atomic mass is 10.1. The van der Waals surface area contributed by atoms with Crippen molar-refractivity contribution in [2.24, 2.45) is 4.99 Å². The van der Waals surface area contributed by atoms with Crippen molar-refractivity contribution in [2.45, 2.75) is 50.6 Å². The van der Waals surface area contributed by atoms with Gasteiger partial charge in [-0.2, -0.15) is 0 Å². The molecule has 0 radical (unpaired) electrons. The lowest BCUT2D eigenvalue weighted by Gasteiger charge is -2.33. The molecule has 1 aromatic heterocycles. The van der Waals surface area contributed by atoms with Crippen LogP contribution in [0.15, 0.2) is 50.9 Å². The van der Waals surface area contributed by atoms with Gasteiger partial charge in [-0.15, -0.1) is 24.0 Å². The average Bonchev–Trinajstić information content (AvgIpc) is 3.26. The number of halogens is 1. The first kappa shape index (κ1) is 26.7. The summed E-state index contributed by atoms with van der Waals surface area (Å²) in [5, 5.41) is 6.77. The molecule has 1 aliphatic rings. The van der Waals surface area contributed by atoms with E-state index in [4.69, 9.17) is 9.41 Å². The molecule has 7 nitrogen and oxygen atoms in total. The van der Waals surface area contributed by atoms with Gasteiger partial charge in [0, 0.05) is 19.3 Å². The third-order valence-corrected chi connectivity index (χ3v) is 6.83. The van der Waals surface area contributed by atoms with Crippen molar-refractivity contribution in [1.29, 1.82) is 0 Å². The SMILES string of the molecule is CCNC(=NCc1ccc(S(C)(=O)=O)c(C)c1)NCC(c1ccco1)N1CCCCC1.I. The maximum Gasteiger partial charge on any atom is 0.191 e. The summed E-state index contributed by atoms with van der Waals surface area (Å²) in [6.07, 6.45) is 6.69. The van der Waals surface area contributed by atoms with Crippen molar-refractivity contribution in [2.75, 3.05) is 32.4 Å². The Bertz CT molecular complexity index is 971. The third-order valence-electron chi connectivity index (χ3n) is 5.57. The number of hydrogen-bond donors (Lipinski definition) is 2. The van der Waals surface area contributed by atoms with Crippen molar-refractivity contribution in [3.63, 3.8) is 0 Å². The van der Waals surface area contributed by atoms with Crippen LogP contribution >= 0.6 is 24.0 Å². The van der Waals surface area contributed by atoms with Gasteiger partial charge in [-0.1, -0.05) is 18.6 Å². The summed E-state index contributed by atoms with van der Waals surface area (Å²) in [7, 11) is -3.21. The van der Waals surface area contributed by atoms with E-state index in [2.05, 4.69) is 15.5 Å². The van der Waals surface area contributed by atoms with Crippen LogP contribution in [0.25, 0.3) is 0 Å². The van der Waals surface area contributed by atoms with Crippen LogP contribution in [0.3, 0.4) is 0 Å². The van der Waals surface area contributed by atoms with Gasteiger partial charge in [0.1, 0.15) is 5.76 Å². The van der Waals surface area contributed by atoms with Crippen LogP contribution in [-0.4, -0.2) is 51.7 Å². The molecule has 0 spiro atoms. The number of piperidine rings is 1. The average molecular weight is 575 g/mol. The van der Waals surface area contributed by atoms with Gasteiger partial charge in [-0.05, 0) is 69.1 Å². The monoisotopic (exact) mass is 574 g/mol. The number of likely N-dealkylation sites (tertiary alicyclic amines) is 1. The van der Waals surface area contributed by atoms with Crippen LogP contribution in [0.5, 0.6) is 0 Å². The number of furan rings is 1. The largest absolute Gasteiger partial charge is 0.468 e. The Morgan fingerprint density at radius 1 is 1.19 bits per heavy atom. The maximum atomic E-state index is 11.8. The summed E-state index contributed by atoms with van der Waals surface area (Å²) in [5.41, 5.74) is 1.72. The first-order chi connectivity index (χ1) is 14.9. The summed E-state index contributed by atoms with van der Waals surface area (Å²) in [6, 6.07) is 9.53. The zero-order valence-corrected chi connectivity index (χ0v) is 22.3. The molecule has 9 heteroatoms. The Morgan fingerprint density at radius 3 is 2.53 bits per heavy atom. The molecule has 1 aliphatic heterocycles. The summed E-state index contributed by atoms with van der Waals surface area (Å²) in [4.78, 5) is 7.56. The second-order valence-corrected chi connectivity index (χ2v) is 10.1. The minimum Gasteiger partial charge on any atom is -0.468 e. The van der Waals surface area contributed by atoms with Crippen molar-refractivity contribution in [3.8, 4) is 0 Å². The molecule has 2 N–H and O–H groups in total. The van der Waals surface area contributed by atoms with Gasteiger partial charge < -0.3 is 15.1 Å². The fourth-order valence-electron chi connectivity index (χ4n) is 4.05. The number of sulfone groups is 1. The zero-order chi connectivity index (χ0) is 22.3. The van der Waals surface area contributed by atoms with Crippen molar-refractivity contribution >= 4 is 39.8 Å². The quantitative estimate of drug-likeness (QED) is 0.283. The van der Waals surface area contributed by atoms with E-state index in [1.165, 1.54) is 25.5 Å². The van der Waals surface area contributed by atoms with Crippen LogP contribution in [-0.2, 0) is 16.4 Å². The third kappa shape index (κ3) is 7.48. The van der Waals surface area contributed by atoms with E-state index < -0.39 is 9.84 Å². The maximum absolute atomic E-state index is 11.8. The van der Waals surface area contributed by atoms with Gasteiger partial charge >= 0.3 is 0 Å². The topological polar surface area (TPSA) is 86.9 Å². The Labute approximate surface area is 209 Å². The van der Waals surface area contributed by atoms with Crippen molar-refractivity contribution in [1.82, 2.24) is 15.5 Å². The molecule has 0 saturated carbocycles. The Kier molecular flexibility index (Phi) is 10.5. The second-order valence-electron chi connectivity index (χ2n) is 8.08. The number of rotatable bonds is 8. The van der Waals surface area contributed by atoms with Gasteiger partial charge in [0.05, 0.1) is 23.7 Å². The van der Waals surface area contributed by atoms with Crippen LogP contribution < -0.4 is 10.6 Å². The highest BCUT2D eigenvalue weighted by atomic mass is 127. The summed E-state index contributed by atoms with van der Waals surface area (Å²) < 4.78 is 29.4. The Hall–Kier alpha value is -1.59. The Morgan fingerprint density at radius 2 is 1.94 bits per heavy atom. The molecular formula is C23H35IN4O3S. The molecule has 32 heavy (non-hydrogen) atoms. The highest BCUT2D eigenvalue weighted by Crippen LogP contribution is 2.24. The summed E-state index contributed by atoms with van der Waals surface area (Å²) in [5.74, 6) is 1.71. The number of benzene rings is 1. The number of aryl methyl sites for hydroxylation is 1. The highest BCUT2D eigenvalue weighted by molar-refractivity contribution is 14.0. The van der Waals surface area contributed by atoms with Crippen molar-refractivity contribution in [3.05, 3.63) is 53.5 Å². The molecule has 0 bridgehead atoms. The van der Waals surface area contributed by atoms with E-state index in [1.807, 2.05) is 38.1 Å². The molecule has 2 heterocycles. The van der Waals surface area contributed by atoms with E-state index in [9.17, 15) is 8.42 Å².